The monoisotopic (exact) mass is 1420 g/mol. The van der Waals surface area contributed by atoms with Gasteiger partial charge in [0, 0.05) is 101 Å². The zero-order chi connectivity index (χ0) is 69.6. The van der Waals surface area contributed by atoms with E-state index in [0.717, 1.165) is 90.0 Å². The van der Waals surface area contributed by atoms with Crippen molar-refractivity contribution < 1.29 is 73.2 Å². The van der Waals surface area contributed by atoms with E-state index in [4.69, 9.17) is 32.0 Å². The first-order chi connectivity index (χ1) is 43.2. The number of amides is 6. The van der Waals surface area contributed by atoms with E-state index in [-0.39, 0.29) is 17.9 Å². The molecule has 0 fully saturated rings. The van der Waals surface area contributed by atoms with E-state index in [0.29, 0.717) is 117 Å². The minimum atomic E-state index is -1.91. The van der Waals surface area contributed by atoms with Crippen LogP contribution in [0, 0.1) is 5.92 Å². The lowest BCUT2D eigenvalue weighted by Gasteiger charge is -2.34. The summed E-state index contributed by atoms with van der Waals surface area (Å²) in [6.45, 7) is 26.7. The minimum Gasteiger partial charge on any atom is -0.444 e. The molecule has 2 radical (unpaired) electrons. The Labute approximate surface area is 570 Å². The Morgan fingerprint density at radius 3 is 1.11 bits per heavy atom. The van der Waals surface area contributed by atoms with Gasteiger partial charge in [-0.1, -0.05) is 103 Å². The average Bonchev–Trinajstić information content (AvgIpc) is 1.34. The summed E-state index contributed by atoms with van der Waals surface area (Å²) in [5.74, 6) is -0.910. The molecular formula is C67H130BIN8O15. The van der Waals surface area contributed by atoms with Crippen molar-refractivity contribution in [3.8, 4) is 0 Å². The topological polar surface area (TPSA) is 302 Å². The number of unbranched alkanes of at least 4 members (excludes halogenated alkanes) is 19. The molecular weight excluding hydrogens is 1290 g/mol. The van der Waals surface area contributed by atoms with E-state index < -0.39 is 77.6 Å². The van der Waals surface area contributed by atoms with Gasteiger partial charge in [0.1, 0.15) is 40.7 Å². The molecule has 0 aliphatic carbocycles. The molecule has 0 heterocycles. The number of halogens is 1. The molecule has 538 valence electrons. The lowest BCUT2D eigenvalue weighted by molar-refractivity contribution is -0.148. The van der Waals surface area contributed by atoms with E-state index in [1.54, 1.807) is 19.6 Å². The fraction of sp³-hybridized carbons (Fsp3) is 0.910. The van der Waals surface area contributed by atoms with Crippen molar-refractivity contribution in [3.63, 3.8) is 0 Å². The third-order valence-electron chi connectivity index (χ3n) is 15.0. The quantitative estimate of drug-likeness (QED) is 0.00899. The Morgan fingerprint density at radius 1 is 0.413 bits per heavy atom. The summed E-state index contributed by atoms with van der Waals surface area (Å²) < 4.78 is 26.6. The molecule has 0 rings (SSSR count). The second-order valence-corrected chi connectivity index (χ2v) is 29.4. The maximum atomic E-state index is 14.1. The second-order valence-electron chi connectivity index (χ2n) is 28.7. The second kappa shape index (κ2) is 50.9. The maximum Gasteiger partial charge on any atom is 0.410 e. The Balaban J connectivity index is 5.47. The third-order valence-corrected chi connectivity index (χ3v) is 15.5. The maximum absolute atomic E-state index is 14.1. The van der Waals surface area contributed by atoms with Crippen LogP contribution in [0.5, 0.6) is 0 Å². The Bertz CT molecular complexity index is 1880. The van der Waals surface area contributed by atoms with Crippen LogP contribution in [0.25, 0.3) is 0 Å². The van der Waals surface area contributed by atoms with Crippen LogP contribution in [-0.4, -0.2) is 221 Å². The van der Waals surface area contributed by atoms with Gasteiger partial charge in [0.05, 0.1) is 6.61 Å². The number of carbonyl (C=O) groups is 6. The highest BCUT2D eigenvalue weighted by atomic mass is 127. The van der Waals surface area contributed by atoms with Gasteiger partial charge in [0.25, 0.3) is 5.91 Å². The number of hydrogen-bond donors (Lipinski definition) is 9. The molecule has 0 aromatic heterocycles. The molecule has 0 aliphatic rings. The summed E-state index contributed by atoms with van der Waals surface area (Å²) in [5.41, 5.74) is -2.83. The summed E-state index contributed by atoms with van der Waals surface area (Å²) in [6, 6.07) is 0. The van der Waals surface area contributed by atoms with Crippen molar-refractivity contribution in [3.05, 3.63) is 0 Å². The standard InChI is InChI=1S/C67H130BIN8O15/c1-64(2,3)89-60(85)74(48-36-42-72-68)44-32-34-46-76(62(87)91-66(7,8)9)50-53(51-77(63(88)92-67(10,11)12)47-35-33-45-75(49-37-43-73-69)61(86)90-65(4,5)6)38-28-25-27-30-40-70-55(80)39-29-24-22-20-18-16-14-13-15-17-19-21-23-26-31-41-71-59(84)58(83)57(82)56(81)54(79)52-78/h53-54,56-58,72-73,78-79,81-83H,13-52H2,1-12H3,(H,70,80)(H,71,84)/t53?,54-,56-,57+,58-/m1/s1. The van der Waals surface area contributed by atoms with Gasteiger partial charge in [-0.05, 0) is 160 Å². The van der Waals surface area contributed by atoms with E-state index in [9.17, 15) is 49.2 Å². The summed E-state index contributed by atoms with van der Waals surface area (Å²) in [4.78, 5) is 86.5. The number of hydrogen-bond acceptors (Lipinski definition) is 17. The lowest BCUT2D eigenvalue weighted by Crippen LogP contribution is -2.51. The van der Waals surface area contributed by atoms with Gasteiger partial charge in [0.2, 0.25) is 5.91 Å². The lowest BCUT2D eigenvalue weighted by atomic mass is 9.98. The molecule has 0 saturated carbocycles. The van der Waals surface area contributed by atoms with Crippen molar-refractivity contribution in [1.82, 2.24) is 39.0 Å². The van der Waals surface area contributed by atoms with E-state index >= 15 is 0 Å². The highest BCUT2D eigenvalue weighted by molar-refractivity contribution is 14.1. The van der Waals surface area contributed by atoms with Crippen LogP contribution in [0.4, 0.5) is 19.2 Å². The van der Waals surface area contributed by atoms with Crippen LogP contribution in [-0.2, 0) is 28.5 Å². The largest absolute Gasteiger partial charge is 0.444 e. The summed E-state index contributed by atoms with van der Waals surface area (Å²) in [7, 11) is 5.54. The van der Waals surface area contributed by atoms with Gasteiger partial charge in [-0.2, -0.15) is 0 Å². The number of rotatable bonds is 52. The number of nitrogens with zero attached hydrogens (tertiary/aromatic N) is 4. The van der Waals surface area contributed by atoms with Crippen molar-refractivity contribution in [2.75, 3.05) is 85.1 Å². The van der Waals surface area contributed by atoms with Crippen LogP contribution < -0.4 is 19.4 Å². The van der Waals surface area contributed by atoms with E-state index in [2.05, 4.69) is 42.3 Å². The fourth-order valence-electron chi connectivity index (χ4n) is 10.1. The van der Waals surface area contributed by atoms with Crippen LogP contribution >= 0.6 is 22.9 Å². The summed E-state index contributed by atoms with van der Waals surface area (Å²) in [5, 5.41) is 56.1. The number of ether oxygens (including phenoxy) is 4. The number of carbonyl (C=O) groups excluding carboxylic acids is 6. The van der Waals surface area contributed by atoms with Crippen LogP contribution in [0.1, 0.15) is 256 Å². The molecule has 0 aromatic rings. The normalized spacial score (nSPS) is 13.7. The van der Waals surface area contributed by atoms with E-state index in [1.807, 2.05) is 83.1 Å². The Hall–Kier alpha value is -3.47. The van der Waals surface area contributed by atoms with Crippen molar-refractivity contribution >= 4 is 67.0 Å². The molecule has 0 bridgehead atoms. The van der Waals surface area contributed by atoms with Gasteiger partial charge in [0.15, 0.2) is 14.1 Å². The Kier molecular flexibility index (Phi) is 48.9. The minimum absolute atomic E-state index is 0.0833. The van der Waals surface area contributed by atoms with Crippen molar-refractivity contribution in [1.29, 1.82) is 0 Å². The molecule has 25 heteroatoms. The first-order valence-electron chi connectivity index (χ1n) is 34.8. The average molecular weight is 1430 g/mol. The molecule has 92 heavy (non-hydrogen) atoms. The zero-order valence-electron chi connectivity index (χ0n) is 59.2. The molecule has 1 unspecified atom stereocenters. The van der Waals surface area contributed by atoms with Crippen molar-refractivity contribution in [2.45, 2.75) is 303 Å². The molecule has 9 N–H and O–H groups in total. The first kappa shape index (κ1) is 88.5. The highest BCUT2D eigenvalue weighted by Gasteiger charge is 2.35. The number of aliphatic hydroxyl groups excluding tert-OH is 5. The molecule has 23 nitrogen and oxygen atoms in total. The predicted molar refractivity (Wildman–Crippen MR) is 372 cm³/mol. The van der Waals surface area contributed by atoms with Crippen LogP contribution in [0.2, 0.25) is 0 Å². The summed E-state index contributed by atoms with van der Waals surface area (Å²) >= 11 is 2.10. The third kappa shape index (κ3) is 49.1. The number of aliphatic hydroxyl groups is 5. The molecule has 0 aromatic carbocycles. The van der Waals surface area contributed by atoms with E-state index in [1.165, 1.54) is 44.9 Å². The van der Waals surface area contributed by atoms with Gasteiger partial charge < -0.3 is 79.9 Å². The summed E-state index contributed by atoms with van der Waals surface area (Å²) in [6.07, 6.45) is 15.9. The molecule has 0 spiro atoms. The predicted octanol–water partition coefficient (Wildman–Crippen LogP) is 10.4. The molecule has 0 aliphatic heterocycles. The first-order valence-corrected chi connectivity index (χ1v) is 35.9. The number of nitrogens with one attached hydrogen (secondary N) is 4. The fourth-order valence-corrected chi connectivity index (χ4v) is 10.5. The SMILES string of the molecule is [B]NCCCN(CCCCN(CC(CCCCCCNC(=O)CCCCCCCCCCCCCCCCCNC(=O)[C@H](O)[C@@H](O)[C@H](O)[C@H](O)CO)CN(CCCCN(CCCNI)C(=O)OC(C)(C)C)C(=O)OC(C)(C)C)C(=O)OC(C)(C)C)C(=O)OC(C)(C)C. The molecule has 6 amide bonds. The van der Waals surface area contributed by atoms with Crippen LogP contribution in [0.15, 0.2) is 0 Å². The molecule has 0 saturated heterocycles. The van der Waals surface area contributed by atoms with Gasteiger partial charge >= 0.3 is 24.4 Å². The van der Waals surface area contributed by atoms with Crippen molar-refractivity contribution in [2.24, 2.45) is 5.92 Å². The Morgan fingerprint density at radius 2 is 0.739 bits per heavy atom. The van der Waals surface area contributed by atoms with Gasteiger partial charge in [-0.3, -0.25) is 13.1 Å². The molecule has 5 atom stereocenters. The highest BCUT2D eigenvalue weighted by Crippen LogP contribution is 2.22. The van der Waals surface area contributed by atoms with Gasteiger partial charge in [-0.25, -0.2) is 19.2 Å². The smallest absolute Gasteiger partial charge is 0.410 e. The van der Waals surface area contributed by atoms with Crippen LogP contribution in [0.3, 0.4) is 0 Å². The zero-order valence-corrected chi connectivity index (χ0v) is 61.4. The van der Waals surface area contributed by atoms with Gasteiger partial charge in [-0.15, -0.1) is 0 Å².